The lowest BCUT2D eigenvalue weighted by molar-refractivity contribution is 0.115. The Balaban J connectivity index is 2.51. The number of nitrogens with zero attached hydrogens (tertiary/aromatic N) is 1. The van der Waals surface area contributed by atoms with Crippen LogP contribution in [0.15, 0.2) is 18.3 Å². The van der Waals surface area contributed by atoms with E-state index in [-0.39, 0.29) is 6.10 Å². The maximum absolute atomic E-state index is 11.3. The van der Waals surface area contributed by atoms with Crippen LogP contribution in [0.25, 0.3) is 0 Å². The summed E-state index contributed by atoms with van der Waals surface area (Å²) >= 11 is 0. The molecule has 4 heteroatoms. The molecule has 16 heavy (non-hydrogen) atoms. The van der Waals surface area contributed by atoms with Gasteiger partial charge in [-0.3, -0.25) is 4.98 Å². The van der Waals surface area contributed by atoms with Gasteiger partial charge < -0.3 is 10.1 Å². The molecule has 1 amide bonds. The number of ether oxygens (including phenoxy) is 1. The molecule has 0 aromatic carbocycles. The topological polar surface area (TPSA) is 51.2 Å². The highest BCUT2D eigenvalue weighted by Crippen LogP contribution is 2.05. The van der Waals surface area contributed by atoms with E-state index in [2.05, 4.69) is 17.2 Å². The molecule has 0 unspecified atom stereocenters. The van der Waals surface area contributed by atoms with Gasteiger partial charge in [0.25, 0.3) is 0 Å². The number of pyridine rings is 1. The minimum Gasteiger partial charge on any atom is -0.447 e. The van der Waals surface area contributed by atoms with Crippen LogP contribution in [0.1, 0.15) is 32.0 Å². The largest absolute Gasteiger partial charge is 0.447 e. The zero-order chi connectivity index (χ0) is 12.0. The quantitative estimate of drug-likeness (QED) is 0.850. The van der Waals surface area contributed by atoms with Crippen LogP contribution in [0.5, 0.6) is 0 Å². The van der Waals surface area contributed by atoms with E-state index in [0.29, 0.717) is 6.54 Å². The zero-order valence-corrected chi connectivity index (χ0v) is 9.99. The van der Waals surface area contributed by atoms with Crippen LogP contribution >= 0.6 is 0 Å². The number of hydrogen-bond donors (Lipinski definition) is 1. The molecular weight excluding hydrogens is 204 g/mol. The summed E-state index contributed by atoms with van der Waals surface area (Å²) < 4.78 is 4.97. The molecule has 0 fully saturated rings. The Labute approximate surface area is 96.0 Å². The summed E-state index contributed by atoms with van der Waals surface area (Å²) in [6.45, 7) is 6.11. The van der Waals surface area contributed by atoms with Gasteiger partial charge in [0, 0.05) is 6.20 Å². The molecule has 1 N–H and O–H groups in total. The van der Waals surface area contributed by atoms with E-state index in [0.717, 1.165) is 17.7 Å². The smallest absolute Gasteiger partial charge is 0.407 e. The molecule has 0 aliphatic rings. The second-order valence-electron chi connectivity index (χ2n) is 3.77. The Kier molecular flexibility index (Phi) is 4.76. The van der Waals surface area contributed by atoms with Gasteiger partial charge in [0.2, 0.25) is 0 Å². The third-order valence-electron chi connectivity index (χ3n) is 2.11. The molecule has 4 nitrogen and oxygen atoms in total. The first kappa shape index (κ1) is 12.5. The van der Waals surface area contributed by atoms with Crippen LogP contribution in [0.2, 0.25) is 0 Å². The predicted molar refractivity (Wildman–Crippen MR) is 62.1 cm³/mol. The molecule has 0 aliphatic carbocycles. The van der Waals surface area contributed by atoms with Crippen LogP contribution in [0.3, 0.4) is 0 Å². The second-order valence-corrected chi connectivity index (χ2v) is 3.77. The number of alkyl carbamates (subject to hydrolysis) is 1. The van der Waals surface area contributed by atoms with Crippen LogP contribution in [0, 0.1) is 0 Å². The first-order valence-electron chi connectivity index (χ1n) is 5.50. The maximum Gasteiger partial charge on any atom is 0.407 e. The summed E-state index contributed by atoms with van der Waals surface area (Å²) in [7, 11) is 0. The van der Waals surface area contributed by atoms with Gasteiger partial charge >= 0.3 is 6.09 Å². The fraction of sp³-hybridized carbons (Fsp3) is 0.500. The molecule has 0 bridgehead atoms. The van der Waals surface area contributed by atoms with Gasteiger partial charge in [0.1, 0.15) is 0 Å². The Morgan fingerprint density at radius 1 is 1.56 bits per heavy atom. The number of aromatic nitrogens is 1. The van der Waals surface area contributed by atoms with E-state index >= 15 is 0 Å². The third kappa shape index (κ3) is 3.88. The molecule has 0 aliphatic heterocycles. The fourth-order valence-corrected chi connectivity index (χ4v) is 1.36. The van der Waals surface area contributed by atoms with E-state index in [1.165, 1.54) is 0 Å². The van der Waals surface area contributed by atoms with Crippen molar-refractivity contribution in [3.8, 4) is 0 Å². The minimum atomic E-state index is -0.400. The summed E-state index contributed by atoms with van der Waals surface area (Å²) in [5, 5.41) is 2.68. The summed E-state index contributed by atoms with van der Waals surface area (Å²) in [6.07, 6.45) is 2.13. The number of nitrogens with one attached hydrogen (secondary N) is 1. The highest BCUT2D eigenvalue weighted by atomic mass is 16.6. The van der Waals surface area contributed by atoms with Crippen LogP contribution in [-0.4, -0.2) is 17.2 Å². The van der Waals surface area contributed by atoms with Gasteiger partial charge in [-0.05, 0) is 31.9 Å². The molecule has 0 radical (unpaired) electrons. The fourth-order valence-electron chi connectivity index (χ4n) is 1.36. The van der Waals surface area contributed by atoms with Gasteiger partial charge in [0.15, 0.2) is 0 Å². The van der Waals surface area contributed by atoms with E-state index < -0.39 is 6.09 Å². The Morgan fingerprint density at radius 3 is 2.94 bits per heavy atom. The lowest BCUT2D eigenvalue weighted by Crippen LogP contribution is -2.27. The lowest BCUT2D eigenvalue weighted by atomic mass is 10.1. The second kappa shape index (κ2) is 6.10. The van der Waals surface area contributed by atoms with Gasteiger partial charge in [0.05, 0.1) is 18.3 Å². The molecule has 1 rings (SSSR count). The van der Waals surface area contributed by atoms with Crippen LogP contribution in [-0.2, 0) is 17.7 Å². The molecule has 0 atom stereocenters. The predicted octanol–water partition coefficient (Wildman–Crippen LogP) is 2.28. The molecule has 1 aromatic heterocycles. The number of amides is 1. The van der Waals surface area contributed by atoms with Crippen molar-refractivity contribution in [1.29, 1.82) is 0 Å². The first-order valence-corrected chi connectivity index (χ1v) is 5.50. The van der Waals surface area contributed by atoms with Crippen LogP contribution in [0.4, 0.5) is 4.79 Å². The lowest BCUT2D eigenvalue weighted by Gasteiger charge is -2.10. The minimum absolute atomic E-state index is 0.102. The summed E-state index contributed by atoms with van der Waals surface area (Å²) in [6, 6.07) is 3.91. The van der Waals surface area contributed by atoms with Crippen molar-refractivity contribution in [2.45, 2.75) is 39.8 Å². The number of rotatable bonds is 4. The first-order chi connectivity index (χ1) is 7.63. The monoisotopic (exact) mass is 222 g/mol. The average Bonchev–Trinajstić information content (AvgIpc) is 2.26. The molecule has 0 saturated carbocycles. The highest BCUT2D eigenvalue weighted by molar-refractivity contribution is 5.67. The van der Waals surface area contributed by atoms with Gasteiger partial charge in [-0.15, -0.1) is 0 Å². The van der Waals surface area contributed by atoms with Gasteiger partial charge in [-0.2, -0.15) is 0 Å². The SMILES string of the molecule is CCc1cccnc1CNC(=O)OC(C)C. The van der Waals surface area contributed by atoms with E-state index in [4.69, 9.17) is 4.74 Å². The van der Waals surface area contributed by atoms with Crippen molar-refractivity contribution in [2.24, 2.45) is 0 Å². The van der Waals surface area contributed by atoms with Crippen molar-refractivity contribution >= 4 is 6.09 Å². The van der Waals surface area contributed by atoms with E-state index in [1.54, 1.807) is 6.20 Å². The maximum atomic E-state index is 11.3. The number of carbonyl (C=O) groups is 1. The van der Waals surface area contributed by atoms with E-state index in [1.807, 2.05) is 26.0 Å². The van der Waals surface area contributed by atoms with Crippen LogP contribution < -0.4 is 5.32 Å². The van der Waals surface area contributed by atoms with Gasteiger partial charge in [-0.25, -0.2) is 4.79 Å². The van der Waals surface area contributed by atoms with Crippen molar-refractivity contribution < 1.29 is 9.53 Å². The molecule has 0 saturated heterocycles. The van der Waals surface area contributed by atoms with Crippen molar-refractivity contribution in [2.75, 3.05) is 0 Å². The summed E-state index contributed by atoms with van der Waals surface area (Å²) in [4.78, 5) is 15.5. The Hall–Kier alpha value is -1.58. The zero-order valence-electron chi connectivity index (χ0n) is 9.99. The Morgan fingerprint density at radius 2 is 2.31 bits per heavy atom. The highest BCUT2D eigenvalue weighted by Gasteiger charge is 2.06. The standard InChI is InChI=1S/C12H18N2O2/c1-4-10-6-5-7-13-11(10)8-14-12(15)16-9(2)3/h5-7,9H,4,8H2,1-3H3,(H,14,15). The molecule has 88 valence electrons. The number of carbonyl (C=O) groups excluding carboxylic acids is 1. The average molecular weight is 222 g/mol. The molecule has 1 aromatic rings. The van der Waals surface area contributed by atoms with E-state index in [9.17, 15) is 4.79 Å². The number of aryl methyl sites for hydroxylation is 1. The molecular formula is C12H18N2O2. The van der Waals surface area contributed by atoms with Crippen molar-refractivity contribution in [3.05, 3.63) is 29.6 Å². The summed E-state index contributed by atoms with van der Waals surface area (Å²) in [5.74, 6) is 0. The third-order valence-corrected chi connectivity index (χ3v) is 2.11. The normalized spacial score (nSPS) is 10.2. The van der Waals surface area contributed by atoms with Crippen molar-refractivity contribution in [1.82, 2.24) is 10.3 Å². The Bertz CT molecular complexity index is 351. The van der Waals surface area contributed by atoms with Gasteiger partial charge in [-0.1, -0.05) is 13.0 Å². The number of hydrogen-bond acceptors (Lipinski definition) is 3. The molecule has 1 heterocycles. The molecule has 0 spiro atoms. The summed E-state index contributed by atoms with van der Waals surface area (Å²) in [5.41, 5.74) is 2.04. The van der Waals surface area contributed by atoms with Crippen molar-refractivity contribution in [3.63, 3.8) is 0 Å².